The van der Waals surface area contributed by atoms with Gasteiger partial charge < -0.3 is 5.11 Å². The molecule has 1 aliphatic heterocycles. The van der Waals surface area contributed by atoms with Crippen LogP contribution in [0.25, 0.3) is 0 Å². The summed E-state index contributed by atoms with van der Waals surface area (Å²) >= 11 is 0. The van der Waals surface area contributed by atoms with E-state index in [1.54, 1.807) is 0 Å². The number of rotatable bonds is 2. The summed E-state index contributed by atoms with van der Waals surface area (Å²) in [7, 11) is 1.95. The minimum atomic E-state index is -0.654. The van der Waals surface area contributed by atoms with E-state index in [9.17, 15) is 9.90 Å². The number of hydrogen-bond donors (Lipinski definition) is 1. The van der Waals surface area contributed by atoms with Gasteiger partial charge in [0.15, 0.2) is 5.71 Å². The van der Waals surface area contributed by atoms with Crippen molar-refractivity contribution < 1.29 is 14.5 Å². The number of benzene rings is 1. The van der Waals surface area contributed by atoms with Crippen LogP contribution in [0.4, 0.5) is 0 Å². The first kappa shape index (κ1) is 11.5. The average molecular weight is 244 g/mol. The first-order valence-corrected chi connectivity index (χ1v) is 6.55. The van der Waals surface area contributed by atoms with Crippen molar-refractivity contribution in [1.29, 1.82) is 0 Å². The molecule has 0 spiro atoms. The van der Waals surface area contributed by atoms with Gasteiger partial charge in [-0.1, -0.05) is 18.2 Å². The lowest BCUT2D eigenvalue weighted by atomic mass is 9.87. The predicted octanol–water partition coefficient (Wildman–Crippen LogP) is 2.15. The van der Waals surface area contributed by atoms with Crippen LogP contribution < -0.4 is 0 Å². The lowest BCUT2D eigenvalue weighted by molar-refractivity contribution is -0.565. The number of hydrogen-bond acceptors (Lipinski definition) is 1. The van der Waals surface area contributed by atoms with Gasteiger partial charge in [0.1, 0.15) is 7.05 Å². The molecule has 0 radical (unpaired) electrons. The van der Waals surface area contributed by atoms with Crippen molar-refractivity contribution in [2.24, 2.45) is 5.92 Å². The van der Waals surface area contributed by atoms with Crippen molar-refractivity contribution in [1.82, 2.24) is 0 Å². The lowest BCUT2D eigenvalue weighted by Gasteiger charge is -2.20. The lowest BCUT2D eigenvalue weighted by Crippen LogP contribution is -2.47. The summed E-state index contributed by atoms with van der Waals surface area (Å²) in [6.07, 6.45) is 3.74. The zero-order chi connectivity index (χ0) is 12.8. The third-order valence-electron chi connectivity index (χ3n) is 4.71. The van der Waals surface area contributed by atoms with Crippen molar-refractivity contribution in [2.45, 2.75) is 31.2 Å². The number of likely N-dealkylation sites (N-methyl/N-ethyl adjacent to an activating group) is 1. The monoisotopic (exact) mass is 244 g/mol. The number of nitrogens with zero attached hydrogens (tertiary/aromatic N) is 1. The molecule has 0 aromatic heterocycles. The van der Waals surface area contributed by atoms with Crippen LogP contribution in [-0.2, 0) is 4.79 Å². The van der Waals surface area contributed by atoms with E-state index in [-0.39, 0.29) is 5.92 Å². The Morgan fingerprint density at radius 1 is 1.39 bits per heavy atom. The summed E-state index contributed by atoms with van der Waals surface area (Å²) in [5, 5.41) is 9.65. The van der Waals surface area contributed by atoms with Crippen LogP contribution in [0.3, 0.4) is 0 Å². The number of carbonyl (C=O) groups is 1. The van der Waals surface area contributed by atoms with Gasteiger partial charge in [0.25, 0.3) is 5.54 Å². The maximum absolute atomic E-state index is 11.7. The standard InChI is InChI=1S/C15H17NO2/c1-16-13(11-6-3-2-4-7-11)10-12-8-5-9-15(12,16)14(17)18/h2-4,6-7,12H,5,8-10H2,1H3/p+1/t12-,15-/m0/s1. The van der Waals surface area contributed by atoms with E-state index < -0.39 is 11.5 Å². The summed E-state index contributed by atoms with van der Waals surface area (Å²) in [5.41, 5.74) is 1.70. The molecule has 3 rings (SSSR count). The largest absolute Gasteiger partial charge is 0.476 e. The third-order valence-corrected chi connectivity index (χ3v) is 4.71. The van der Waals surface area contributed by atoms with Crippen molar-refractivity contribution in [3.63, 3.8) is 0 Å². The molecule has 0 amide bonds. The molecule has 0 unspecified atom stereocenters. The molecule has 1 aromatic rings. The third kappa shape index (κ3) is 1.36. The van der Waals surface area contributed by atoms with E-state index in [4.69, 9.17) is 0 Å². The molecule has 1 aliphatic carbocycles. The van der Waals surface area contributed by atoms with Crippen molar-refractivity contribution in [3.8, 4) is 0 Å². The molecular formula is C15H18NO2+. The fraction of sp³-hybridized carbons (Fsp3) is 0.467. The highest BCUT2D eigenvalue weighted by Gasteiger charge is 2.62. The van der Waals surface area contributed by atoms with E-state index in [1.807, 2.05) is 29.8 Å². The van der Waals surface area contributed by atoms with Gasteiger partial charge in [-0.15, -0.1) is 0 Å². The number of aliphatic carboxylic acids is 1. The second kappa shape index (κ2) is 3.94. The van der Waals surface area contributed by atoms with E-state index in [0.717, 1.165) is 31.2 Å². The van der Waals surface area contributed by atoms with E-state index in [2.05, 4.69) is 12.1 Å². The summed E-state index contributed by atoms with van der Waals surface area (Å²) in [6.45, 7) is 0. The molecule has 0 saturated heterocycles. The highest BCUT2D eigenvalue weighted by atomic mass is 16.4. The zero-order valence-corrected chi connectivity index (χ0v) is 10.6. The normalized spacial score (nSPS) is 30.6. The summed E-state index contributed by atoms with van der Waals surface area (Å²) < 4.78 is 2.03. The van der Waals surface area contributed by atoms with Gasteiger partial charge in [-0.3, -0.25) is 0 Å². The molecular weight excluding hydrogens is 226 g/mol. The molecule has 3 heteroatoms. The van der Waals surface area contributed by atoms with Gasteiger partial charge in [-0.25, -0.2) is 9.37 Å². The van der Waals surface area contributed by atoms with Gasteiger partial charge in [0, 0.05) is 24.3 Å². The molecule has 1 N–H and O–H groups in total. The number of fused-ring (bicyclic) bond motifs is 1. The summed E-state index contributed by atoms with van der Waals surface area (Å²) in [6, 6.07) is 10.2. The Hall–Kier alpha value is -1.64. The van der Waals surface area contributed by atoms with Crippen LogP contribution >= 0.6 is 0 Å². The fourth-order valence-electron chi connectivity index (χ4n) is 3.75. The zero-order valence-electron chi connectivity index (χ0n) is 10.6. The van der Waals surface area contributed by atoms with Crippen LogP contribution in [-0.4, -0.2) is 33.9 Å². The summed E-state index contributed by atoms with van der Waals surface area (Å²) in [4.78, 5) is 11.7. The van der Waals surface area contributed by atoms with Gasteiger partial charge >= 0.3 is 5.97 Å². The quantitative estimate of drug-likeness (QED) is 0.810. The molecule has 2 aliphatic rings. The Morgan fingerprint density at radius 2 is 2.11 bits per heavy atom. The average Bonchev–Trinajstić information content (AvgIpc) is 2.90. The first-order chi connectivity index (χ1) is 8.66. The minimum Gasteiger partial charge on any atom is -0.476 e. The Labute approximate surface area is 107 Å². The van der Waals surface area contributed by atoms with Crippen LogP contribution in [0.5, 0.6) is 0 Å². The molecule has 3 nitrogen and oxygen atoms in total. The molecule has 2 atom stereocenters. The van der Waals surface area contributed by atoms with E-state index in [1.165, 1.54) is 5.71 Å². The molecule has 18 heavy (non-hydrogen) atoms. The van der Waals surface area contributed by atoms with Crippen LogP contribution in [0.15, 0.2) is 30.3 Å². The Kier molecular flexibility index (Phi) is 2.51. The maximum Gasteiger partial charge on any atom is 0.376 e. The Balaban J connectivity index is 2.10. The van der Waals surface area contributed by atoms with E-state index in [0.29, 0.717) is 0 Å². The predicted molar refractivity (Wildman–Crippen MR) is 69.1 cm³/mol. The number of carboxylic acids is 1. The maximum atomic E-state index is 11.7. The van der Waals surface area contributed by atoms with Crippen molar-refractivity contribution in [3.05, 3.63) is 35.9 Å². The van der Waals surface area contributed by atoms with Crippen LogP contribution in [0.2, 0.25) is 0 Å². The van der Waals surface area contributed by atoms with Crippen molar-refractivity contribution >= 4 is 11.7 Å². The van der Waals surface area contributed by atoms with E-state index >= 15 is 0 Å². The van der Waals surface area contributed by atoms with Gasteiger partial charge in [0.2, 0.25) is 0 Å². The van der Waals surface area contributed by atoms with Crippen LogP contribution in [0, 0.1) is 5.92 Å². The number of carboxylic acid groups (broad SMARTS) is 1. The van der Waals surface area contributed by atoms with Gasteiger partial charge in [-0.2, -0.15) is 0 Å². The highest BCUT2D eigenvalue weighted by Crippen LogP contribution is 2.45. The molecule has 1 aromatic carbocycles. The van der Waals surface area contributed by atoms with Gasteiger partial charge in [-0.05, 0) is 25.0 Å². The van der Waals surface area contributed by atoms with Crippen LogP contribution in [0.1, 0.15) is 31.2 Å². The van der Waals surface area contributed by atoms with Crippen molar-refractivity contribution in [2.75, 3.05) is 7.05 Å². The van der Waals surface area contributed by atoms with Gasteiger partial charge in [0.05, 0.1) is 0 Å². The Bertz CT molecular complexity index is 521. The Morgan fingerprint density at radius 3 is 2.72 bits per heavy atom. The molecule has 1 fully saturated rings. The second-order valence-electron chi connectivity index (χ2n) is 5.39. The molecule has 1 heterocycles. The highest BCUT2D eigenvalue weighted by molar-refractivity contribution is 6.00. The topological polar surface area (TPSA) is 40.3 Å². The minimum absolute atomic E-state index is 0.273. The summed E-state index contributed by atoms with van der Waals surface area (Å²) in [5.74, 6) is -0.381. The molecule has 0 bridgehead atoms. The smallest absolute Gasteiger partial charge is 0.376 e. The molecule has 1 saturated carbocycles. The molecule has 94 valence electrons. The SMILES string of the molecule is C[N+]1=C(c2ccccc2)C[C@@H]2CCC[C@@]21C(=O)O. The first-order valence-electron chi connectivity index (χ1n) is 6.55. The fourth-order valence-corrected chi connectivity index (χ4v) is 3.75. The second-order valence-corrected chi connectivity index (χ2v) is 5.39.